The molecular formula is C59H78F3N11O13S2. The van der Waals surface area contributed by atoms with Gasteiger partial charge in [0.1, 0.15) is 47.9 Å². The van der Waals surface area contributed by atoms with Gasteiger partial charge in [-0.25, -0.2) is 18.0 Å². The highest BCUT2D eigenvalue weighted by molar-refractivity contribution is 7.99. The second-order valence-electron chi connectivity index (χ2n) is 21.8. The first kappa shape index (κ1) is 69.5. The van der Waals surface area contributed by atoms with Gasteiger partial charge >= 0.3 is 6.03 Å². The Bertz CT molecular complexity index is 3040. The largest absolute Gasteiger partial charge is 0.463 e. The minimum atomic E-state index is -4.91. The van der Waals surface area contributed by atoms with Crippen LogP contribution in [0.3, 0.4) is 0 Å². The normalized spacial score (nSPS) is 18.9. The van der Waals surface area contributed by atoms with Crippen LogP contribution in [0, 0.1) is 29.4 Å². The third-order valence-corrected chi connectivity index (χ3v) is 17.2. The molecule has 0 bridgehead atoms. The maximum Gasteiger partial charge on any atom is 0.312 e. The number of halogens is 3. The number of nitrogens with one attached hydrogen (secondary N) is 7. The van der Waals surface area contributed by atoms with E-state index < -0.39 is 106 Å². The number of hydrogen-bond acceptors (Lipinski definition) is 17. The Hall–Kier alpha value is -7.57. The average molecular weight is 1270 g/mol. The highest BCUT2D eigenvalue weighted by atomic mass is 32.2. The van der Waals surface area contributed by atoms with Crippen molar-refractivity contribution in [1.82, 2.24) is 46.6 Å². The van der Waals surface area contributed by atoms with Gasteiger partial charge in [-0.2, -0.15) is 20.2 Å². The van der Waals surface area contributed by atoms with Crippen molar-refractivity contribution < 1.29 is 74.0 Å². The van der Waals surface area contributed by atoms with Gasteiger partial charge in [-0.05, 0) is 86.0 Å². The molecule has 2 fully saturated rings. The first-order valence-electron chi connectivity index (χ1n) is 28.8. The third kappa shape index (κ3) is 21.1. The number of amides is 8. The molecular weight excluding hydrogens is 1190 g/mol. The van der Waals surface area contributed by atoms with E-state index in [0.717, 1.165) is 55.0 Å². The molecule has 8 amide bonds. The molecule has 7 rings (SSSR count). The standard InChI is InChI=1S/C32H42F3N5O2S.C27H36N6O11S/c1-36-11-14-43-21-30(41)40(19-24-16-37-17-28(24)35)31(23-9-12-42-13-10-23)32-38-29(26-15-25(33)7-8-27(26)34)20-39(32)18-22-5-3-2-4-6-22;1-16(2)24(32-21(35)12-19(45(41,42)43)13-33-22(36)9-10-23(33)37)26(39)31-20(4-3-11-29-27(28)40)25(38)30-18-7-5-17(6-8-18)14-44-15-34/h2-8,15,20,23-24,28,31-32,36-38H,9-14,16-19,21H2,1H3;5-10,15-16,19-20,24H,3-4,11-14H2,1-2H3,(H,30,38)(H,31,39)(H,32,35)(H3,28,29,40)(H,41,42,43)/t;19?,20-,24?/m.0/s1. The van der Waals surface area contributed by atoms with Crippen LogP contribution < -0.4 is 43.0 Å². The molecule has 4 heterocycles. The van der Waals surface area contributed by atoms with E-state index in [2.05, 4.69) is 46.9 Å². The number of nitrogens with two attached hydrogens (primary N) is 1. The van der Waals surface area contributed by atoms with E-state index in [9.17, 15) is 55.7 Å². The summed E-state index contributed by atoms with van der Waals surface area (Å²) >= 11 is 1.56. The fourth-order valence-corrected chi connectivity index (χ4v) is 12.0. The summed E-state index contributed by atoms with van der Waals surface area (Å²) in [6.45, 7) is 6.27. The van der Waals surface area contributed by atoms with Gasteiger partial charge in [0.15, 0.2) is 0 Å². The molecule has 0 aromatic heterocycles. The molecule has 88 heavy (non-hydrogen) atoms. The zero-order valence-corrected chi connectivity index (χ0v) is 50.8. The topological polar surface area (TPSA) is 329 Å². The van der Waals surface area contributed by atoms with E-state index in [1.807, 2.05) is 48.5 Å². The van der Waals surface area contributed by atoms with Gasteiger partial charge in [0, 0.05) is 107 Å². The molecule has 4 aliphatic heterocycles. The molecule has 0 saturated carbocycles. The van der Waals surface area contributed by atoms with Crippen LogP contribution in [-0.2, 0) is 66.3 Å². The minimum absolute atomic E-state index is 0.0300. The maximum absolute atomic E-state index is 15.1. The maximum atomic E-state index is 15.1. The zero-order chi connectivity index (χ0) is 63.9. The van der Waals surface area contributed by atoms with Gasteiger partial charge in [0.05, 0.1) is 17.5 Å². The van der Waals surface area contributed by atoms with E-state index in [4.69, 9.17) is 10.5 Å². The summed E-state index contributed by atoms with van der Waals surface area (Å²) in [6.07, 6.45) is 3.03. The smallest absolute Gasteiger partial charge is 0.312 e. The van der Waals surface area contributed by atoms with Crippen LogP contribution in [0.2, 0.25) is 0 Å². The van der Waals surface area contributed by atoms with E-state index in [0.29, 0.717) is 54.6 Å². The summed E-state index contributed by atoms with van der Waals surface area (Å²) in [7, 11) is -3.03. The number of carbonyl (C=O) groups is 8. The number of alkyl halides is 1. The Morgan fingerprint density at radius 1 is 0.943 bits per heavy atom. The van der Waals surface area contributed by atoms with Crippen LogP contribution in [-0.4, -0.2) is 182 Å². The quantitative estimate of drug-likeness (QED) is 0.0194. The Morgan fingerprint density at radius 2 is 1.65 bits per heavy atom. The Kier molecular flexibility index (Phi) is 27.1. The number of ether oxygens (including phenoxy) is 2. The SMILES string of the molecule is CC(C)C(NC(=O)CC(CN1C(=O)C=CC1=O)S(=O)(=O)O)C(=O)N[C@@H](CCCNC(N)=O)C(=O)Nc1ccc(COC=O)cc1.CNCCSCC(=O)N(CC1CNCC1F)C(C1CCOCC1)C1NC(c2cc(F)ccc2F)=CN1Cc1ccccc1. The zero-order valence-electron chi connectivity index (χ0n) is 49.2. The summed E-state index contributed by atoms with van der Waals surface area (Å²) in [5.41, 5.74) is 7.73. The van der Waals surface area contributed by atoms with Crippen molar-refractivity contribution >= 4 is 81.2 Å². The average Bonchev–Trinajstić information content (AvgIpc) is 2.14. The predicted octanol–water partition coefficient (Wildman–Crippen LogP) is 2.77. The van der Waals surface area contributed by atoms with Crippen molar-refractivity contribution in [1.29, 1.82) is 0 Å². The summed E-state index contributed by atoms with van der Waals surface area (Å²) in [6, 6.07) is 16.1. The van der Waals surface area contributed by atoms with E-state index >= 15 is 8.78 Å². The Morgan fingerprint density at radius 3 is 2.27 bits per heavy atom. The fourth-order valence-electron chi connectivity index (χ4n) is 10.4. The van der Waals surface area contributed by atoms with Crippen molar-refractivity contribution in [2.45, 2.75) is 94.8 Å². The molecule has 10 N–H and O–H groups in total. The van der Waals surface area contributed by atoms with Crippen molar-refractivity contribution in [3.63, 3.8) is 0 Å². The number of hydrogen-bond donors (Lipinski definition) is 9. The highest BCUT2D eigenvalue weighted by Gasteiger charge is 2.45. The van der Waals surface area contributed by atoms with Crippen LogP contribution in [0.1, 0.15) is 62.6 Å². The van der Waals surface area contributed by atoms with Gasteiger partial charge in [-0.1, -0.05) is 56.3 Å². The van der Waals surface area contributed by atoms with Gasteiger partial charge in [-0.3, -0.25) is 43.0 Å². The van der Waals surface area contributed by atoms with Crippen LogP contribution >= 0.6 is 11.8 Å². The Labute approximate surface area is 513 Å². The van der Waals surface area contributed by atoms with Crippen molar-refractivity contribution in [2.24, 2.45) is 23.5 Å². The lowest BCUT2D eigenvalue weighted by Gasteiger charge is -2.46. The molecule has 6 unspecified atom stereocenters. The van der Waals surface area contributed by atoms with Crippen molar-refractivity contribution in [3.8, 4) is 0 Å². The van der Waals surface area contributed by atoms with Gasteiger partial charge in [0.25, 0.3) is 28.4 Å². The molecule has 29 heteroatoms. The molecule has 2 saturated heterocycles. The first-order chi connectivity index (χ1) is 42.1. The lowest BCUT2D eigenvalue weighted by Crippen LogP contribution is -2.61. The van der Waals surface area contributed by atoms with E-state index in [1.165, 1.54) is 6.07 Å². The summed E-state index contributed by atoms with van der Waals surface area (Å²) < 4.78 is 88.3. The molecule has 0 radical (unpaired) electrons. The van der Waals surface area contributed by atoms with Crippen LogP contribution in [0.4, 0.5) is 23.7 Å². The van der Waals surface area contributed by atoms with Crippen molar-refractivity contribution in [3.05, 3.63) is 119 Å². The molecule has 3 aromatic rings. The number of primary amides is 1. The molecule has 4 aliphatic rings. The molecule has 24 nitrogen and oxygen atoms in total. The van der Waals surface area contributed by atoms with Gasteiger partial charge in [0.2, 0.25) is 23.6 Å². The molecule has 0 aliphatic carbocycles. The first-order valence-corrected chi connectivity index (χ1v) is 31.5. The summed E-state index contributed by atoms with van der Waals surface area (Å²) in [5.74, 6) is -4.90. The number of nitrogens with zero attached hydrogens (tertiary/aromatic N) is 3. The summed E-state index contributed by atoms with van der Waals surface area (Å²) in [4.78, 5) is 103. The molecule has 480 valence electrons. The third-order valence-electron chi connectivity index (χ3n) is 15.1. The highest BCUT2D eigenvalue weighted by Crippen LogP contribution is 2.35. The predicted molar refractivity (Wildman–Crippen MR) is 322 cm³/mol. The van der Waals surface area contributed by atoms with Crippen LogP contribution in [0.5, 0.6) is 0 Å². The number of rotatable bonds is 31. The number of carbonyl (C=O) groups excluding carboxylic acids is 8. The number of benzene rings is 3. The molecule has 3 aromatic carbocycles. The second-order valence-corrected chi connectivity index (χ2v) is 24.6. The molecule has 7 atom stereocenters. The lowest BCUT2D eigenvalue weighted by molar-refractivity contribution is -0.138. The van der Waals surface area contributed by atoms with Gasteiger partial charge < -0.3 is 62.2 Å². The monoisotopic (exact) mass is 1270 g/mol. The lowest BCUT2D eigenvalue weighted by atomic mass is 9.87. The number of thioether (sulfide) groups is 1. The van der Waals surface area contributed by atoms with E-state index in [1.54, 1.807) is 49.9 Å². The Balaban J connectivity index is 0.000000281. The number of urea groups is 1. The van der Waals surface area contributed by atoms with Crippen LogP contribution in [0.25, 0.3) is 5.70 Å². The fraction of sp³-hybridized carbons (Fsp3) is 0.492. The number of anilines is 1. The number of imide groups is 1. The summed E-state index contributed by atoms with van der Waals surface area (Å²) in [5, 5.41) is 17.9. The second kappa shape index (κ2) is 34.3. The molecule has 0 spiro atoms. The van der Waals surface area contributed by atoms with Crippen LogP contribution in [0.15, 0.2) is 91.1 Å². The van der Waals surface area contributed by atoms with Crippen molar-refractivity contribution in [2.75, 3.05) is 76.4 Å². The minimum Gasteiger partial charge on any atom is -0.463 e. The van der Waals surface area contributed by atoms with Gasteiger partial charge in [-0.15, -0.1) is 0 Å². The van der Waals surface area contributed by atoms with E-state index in [-0.39, 0.29) is 74.2 Å².